The minimum absolute atomic E-state index is 0.00380. The van der Waals surface area contributed by atoms with E-state index in [0.717, 1.165) is 37.0 Å². The molecule has 0 radical (unpaired) electrons. The molecule has 498 valence electrons. The van der Waals surface area contributed by atoms with E-state index in [4.69, 9.17) is 20.6 Å². The van der Waals surface area contributed by atoms with Gasteiger partial charge in [0.05, 0.1) is 49.9 Å². The summed E-state index contributed by atoms with van der Waals surface area (Å²) < 4.78 is 44.1. The molecule has 27 heteroatoms. The fourth-order valence-corrected chi connectivity index (χ4v) is 12.0. The van der Waals surface area contributed by atoms with Crippen LogP contribution in [0.3, 0.4) is 0 Å². The number of ether oxygens (including phenoxy) is 3. The summed E-state index contributed by atoms with van der Waals surface area (Å²) >= 11 is 1.42. The molecule has 0 saturated carbocycles. The molecule has 3 fully saturated rings. The van der Waals surface area contributed by atoms with Gasteiger partial charge in [-0.15, -0.1) is 6.42 Å². The van der Waals surface area contributed by atoms with Crippen molar-refractivity contribution >= 4 is 77.0 Å². The number of alkyl halides is 2. The highest BCUT2D eigenvalue weighted by Crippen LogP contribution is 2.32. The highest BCUT2D eigenvalue weighted by Gasteiger charge is 2.46. The van der Waals surface area contributed by atoms with Crippen molar-refractivity contribution in [3.05, 3.63) is 71.4 Å². The van der Waals surface area contributed by atoms with Crippen LogP contribution in [0.5, 0.6) is 5.75 Å². The summed E-state index contributed by atoms with van der Waals surface area (Å²) in [7, 11) is 0. The van der Waals surface area contributed by atoms with E-state index in [1.807, 2.05) is 26.5 Å². The summed E-state index contributed by atoms with van der Waals surface area (Å²) in [6.07, 6.45) is 13.8. The van der Waals surface area contributed by atoms with Gasteiger partial charge in [0, 0.05) is 121 Å². The molecule has 1 aromatic heterocycles. The Morgan fingerprint density at radius 2 is 1.44 bits per heavy atom. The average Bonchev–Trinajstić information content (AvgIpc) is 1.91. The quantitative estimate of drug-likeness (QED) is 0.0321. The minimum Gasteiger partial charge on any atom is -0.494 e. The summed E-state index contributed by atoms with van der Waals surface area (Å²) in [5, 5.41) is 21.6. The number of hydrogen-bond acceptors (Lipinski definition) is 18. The number of unbranched alkanes of at least 4 members (excludes halogenated alkanes) is 2. The number of nitrogens with one attached hydrogen (secondary N) is 4. The van der Waals surface area contributed by atoms with Gasteiger partial charge in [0.25, 0.3) is 24.8 Å². The average molecular weight is 1290 g/mol. The van der Waals surface area contributed by atoms with Crippen molar-refractivity contribution in [3.8, 4) is 18.1 Å². The number of benzene rings is 2. The van der Waals surface area contributed by atoms with Gasteiger partial charge >= 0.3 is 5.97 Å². The molecule has 3 aliphatic heterocycles. The molecule has 0 bridgehead atoms. The number of piperidine rings is 1. The van der Waals surface area contributed by atoms with E-state index < -0.39 is 61.2 Å². The van der Waals surface area contributed by atoms with Crippen molar-refractivity contribution in [2.75, 3.05) is 136 Å². The van der Waals surface area contributed by atoms with Crippen LogP contribution in [0.1, 0.15) is 92.1 Å². The first-order chi connectivity index (χ1) is 43.9. The highest BCUT2D eigenvalue weighted by atomic mass is 32.2. The van der Waals surface area contributed by atoms with E-state index in [1.54, 1.807) is 23.1 Å². The number of aliphatic carboxylic acids is 1. The Hall–Kier alpha value is -7.51. The zero-order valence-corrected chi connectivity index (χ0v) is 53.0. The zero-order valence-electron chi connectivity index (χ0n) is 52.1. The van der Waals surface area contributed by atoms with Gasteiger partial charge < -0.3 is 50.4 Å². The number of fused-ring (bicyclic) bond motifs is 1. The van der Waals surface area contributed by atoms with Crippen molar-refractivity contribution in [2.45, 2.75) is 102 Å². The number of thioether (sulfide) groups is 1. The second-order valence-electron chi connectivity index (χ2n) is 23.3. The predicted octanol–water partition coefficient (Wildman–Crippen LogP) is 3.14. The fraction of sp³-hybridized carbons (Fsp3) is 0.594. The Balaban J connectivity index is 0.918. The number of amides is 6. The van der Waals surface area contributed by atoms with E-state index in [9.17, 15) is 57.0 Å². The molecule has 2 aromatic carbocycles. The van der Waals surface area contributed by atoms with Gasteiger partial charge in [-0.3, -0.25) is 67.7 Å². The first-order valence-electron chi connectivity index (χ1n) is 31.3. The molecular formula is C64H89F2N11O13S. The second-order valence-corrected chi connectivity index (χ2v) is 24.4. The molecule has 5 N–H and O–H groups in total. The third-order valence-corrected chi connectivity index (χ3v) is 17.4. The number of nitrogens with zero attached hydrogens (tertiary/aromatic N) is 7. The van der Waals surface area contributed by atoms with Crippen molar-refractivity contribution in [2.24, 2.45) is 5.92 Å². The number of carboxylic acid groups (broad SMARTS) is 1. The van der Waals surface area contributed by atoms with Crippen LogP contribution in [0.4, 0.5) is 8.78 Å². The maximum atomic E-state index is 14.0. The number of carboxylic acids is 1. The van der Waals surface area contributed by atoms with Gasteiger partial charge in [-0.25, -0.2) is 8.78 Å². The maximum Gasteiger partial charge on any atom is 0.317 e. The zero-order chi connectivity index (χ0) is 65.4. The smallest absolute Gasteiger partial charge is 0.317 e. The number of hydrogen-bond donors (Lipinski definition) is 5. The molecule has 2 atom stereocenters. The lowest BCUT2D eigenvalue weighted by Crippen LogP contribution is -2.53. The normalized spacial score (nSPS) is 17.5. The highest BCUT2D eigenvalue weighted by molar-refractivity contribution is 7.99. The molecule has 3 aliphatic rings. The molecule has 0 unspecified atom stereocenters. The summed E-state index contributed by atoms with van der Waals surface area (Å²) in [5.41, 5.74) is 3.12. The number of rotatable bonds is 35. The van der Waals surface area contributed by atoms with Gasteiger partial charge in [0.15, 0.2) is 0 Å². The Morgan fingerprint density at radius 3 is 2.10 bits per heavy atom. The molecule has 91 heavy (non-hydrogen) atoms. The fourth-order valence-electron chi connectivity index (χ4n) is 11.1. The largest absolute Gasteiger partial charge is 0.494 e. The monoisotopic (exact) mass is 1290 g/mol. The van der Waals surface area contributed by atoms with Crippen LogP contribution in [-0.4, -0.2) is 248 Å². The first-order valence-corrected chi connectivity index (χ1v) is 32.5. The van der Waals surface area contributed by atoms with Crippen LogP contribution < -0.4 is 26.0 Å². The van der Waals surface area contributed by atoms with E-state index in [0.29, 0.717) is 165 Å². The van der Waals surface area contributed by atoms with Gasteiger partial charge in [-0.1, -0.05) is 42.2 Å². The summed E-state index contributed by atoms with van der Waals surface area (Å²) in [5.74, 6) is -2.26. The lowest BCUT2D eigenvalue weighted by atomic mass is 9.92. The van der Waals surface area contributed by atoms with Crippen molar-refractivity contribution in [1.82, 2.24) is 55.7 Å². The van der Waals surface area contributed by atoms with Gasteiger partial charge in [-0.2, -0.15) is 11.8 Å². The molecule has 3 aromatic rings. The standard InChI is InChI=1S/C64H89F2N11O13S/c1-3-51-38-64(65,66)43-77(51)60(83)39-70-62(86)53-19-23-67-55-18-17-52(37-54(53)55)90-35-8-10-50-20-25-76(26-21-50)59(82)12-5-4-6-22-69-63(87)56(42-91-36-24-68-57(80)11-7-9-49-15-13-48(2)14-16-49)71-58(81)40-72-27-28-73(41-61(84)85)30-32-75(45-89-47-79)34-33-74(31-29-72)44-88-46-78/h1,13-19,23,37,46-47,50-51,56H,4-12,20-22,24-36,38-45H2,2H3,(H,68,80)(H,69,87)(H,70,86)(H,71,81)(H,84,85)/t51-,56-/m0/s1. The lowest BCUT2D eigenvalue weighted by molar-refractivity contribution is -0.139. The molecule has 3 saturated heterocycles. The van der Waals surface area contributed by atoms with Crippen molar-refractivity contribution < 1.29 is 71.2 Å². The summed E-state index contributed by atoms with van der Waals surface area (Å²) in [6, 6.07) is 13.0. The molecule has 0 spiro atoms. The van der Waals surface area contributed by atoms with Crippen LogP contribution in [-0.2, 0) is 54.3 Å². The van der Waals surface area contributed by atoms with E-state index in [1.165, 1.54) is 35.2 Å². The number of carbonyl (C=O) groups is 9. The Kier molecular flexibility index (Phi) is 31.1. The molecule has 4 heterocycles. The molecular weight excluding hydrogens is 1200 g/mol. The van der Waals surface area contributed by atoms with Gasteiger partial charge in [0.2, 0.25) is 29.5 Å². The summed E-state index contributed by atoms with van der Waals surface area (Å²) in [6.45, 7) is 6.29. The van der Waals surface area contributed by atoms with Crippen LogP contribution >= 0.6 is 11.8 Å². The number of halogens is 2. The van der Waals surface area contributed by atoms with Crippen LogP contribution in [0.15, 0.2) is 54.7 Å². The van der Waals surface area contributed by atoms with Gasteiger partial charge in [0.1, 0.15) is 25.3 Å². The Morgan fingerprint density at radius 1 is 0.769 bits per heavy atom. The first kappa shape index (κ1) is 72.6. The predicted molar refractivity (Wildman–Crippen MR) is 338 cm³/mol. The van der Waals surface area contributed by atoms with Crippen LogP contribution in [0, 0.1) is 25.2 Å². The summed E-state index contributed by atoms with van der Waals surface area (Å²) in [4.78, 5) is 128. The maximum absolute atomic E-state index is 14.0. The van der Waals surface area contributed by atoms with Gasteiger partial charge in [-0.05, 0) is 94.0 Å². The van der Waals surface area contributed by atoms with Crippen molar-refractivity contribution in [3.63, 3.8) is 0 Å². The number of carbonyl (C=O) groups excluding carboxylic acids is 8. The molecule has 24 nitrogen and oxygen atoms in total. The molecule has 0 aliphatic carbocycles. The Bertz CT molecular complexity index is 2900. The molecule has 6 rings (SSSR count). The molecule has 6 amide bonds. The van der Waals surface area contributed by atoms with E-state index >= 15 is 0 Å². The number of pyridine rings is 1. The van der Waals surface area contributed by atoms with Crippen LogP contribution in [0.25, 0.3) is 10.9 Å². The van der Waals surface area contributed by atoms with Crippen LogP contribution in [0.2, 0.25) is 0 Å². The number of aryl methyl sites for hydroxylation is 2. The third-order valence-electron chi connectivity index (χ3n) is 16.3. The minimum atomic E-state index is -3.09. The second kappa shape index (κ2) is 39.0. The van der Waals surface area contributed by atoms with Crippen molar-refractivity contribution in [1.29, 1.82) is 0 Å². The van der Waals surface area contributed by atoms with E-state index in [-0.39, 0.29) is 55.6 Å². The third kappa shape index (κ3) is 26.3. The lowest BCUT2D eigenvalue weighted by Gasteiger charge is -2.33. The number of terminal acetylenes is 1. The van der Waals surface area contributed by atoms with E-state index in [2.05, 4.69) is 56.4 Å². The number of aromatic nitrogens is 1. The SMILES string of the molecule is C#C[C@H]1CC(F)(F)CN1C(=O)CNC(=O)c1ccnc2ccc(OCCCC3CCN(C(=O)CCCCCNC(=O)[C@H](CSCCNC(=O)CCCc4ccc(C)cc4)NC(=O)CN4CCN(COC=O)CCN(COC=O)CCN(CC(=O)O)CC4)CC3)cc12. The topological polar surface area (TPSA) is 282 Å². The Labute approximate surface area is 535 Å². The number of likely N-dealkylation sites (tertiary alicyclic amines) is 2.